The van der Waals surface area contributed by atoms with Crippen LogP contribution in [0.2, 0.25) is 0 Å². The third kappa shape index (κ3) is 5.61. The maximum absolute atomic E-state index is 11.7. The number of likely N-dealkylation sites (tertiary alicyclic amines) is 1. The summed E-state index contributed by atoms with van der Waals surface area (Å²) in [5, 5.41) is 6.57. The van der Waals surface area contributed by atoms with Crippen molar-refractivity contribution in [2.75, 3.05) is 44.8 Å². The van der Waals surface area contributed by atoms with E-state index in [4.69, 9.17) is 9.73 Å². The van der Waals surface area contributed by atoms with Crippen LogP contribution in [-0.2, 0) is 9.84 Å². The minimum absolute atomic E-state index is 0.0611. The van der Waals surface area contributed by atoms with E-state index in [0.29, 0.717) is 18.9 Å². The van der Waals surface area contributed by atoms with Gasteiger partial charge in [0.1, 0.15) is 5.75 Å². The molecule has 2 unspecified atom stereocenters. The second kappa shape index (κ2) is 9.60. The Kier molecular flexibility index (Phi) is 7.18. The Morgan fingerprint density at radius 3 is 2.57 bits per heavy atom. The van der Waals surface area contributed by atoms with Crippen LogP contribution >= 0.6 is 0 Å². The van der Waals surface area contributed by atoms with Gasteiger partial charge in [-0.2, -0.15) is 0 Å². The van der Waals surface area contributed by atoms with Crippen LogP contribution in [0.1, 0.15) is 37.8 Å². The number of hydrogen-bond acceptors (Lipinski definition) is 5. The second-order valence-electron chi connectivity index (χ2n) is 7.50. The maximum atomic E-state index is 11.7. The Balaban J connectivity index is 1.73. The molecule has 0 aromatic heterocycles. The van der Waals surface area contributed by atoms with E-state index in [0.717, 1.165) is 25.4 Å². The fraction of sp³-hybridized carbons (Fsp3) is 0.650. The summed E-state index contributed by atoms with van der Waals surface area (Å²) >= 11 is 0. The summed E-state index contributed by atoms with van der Waals surface area (Å²) in [4.78, 5) is 7.30. The molecule has 0 bridgehead atoms. The van der Waals surface area contributed by atoms with Crippen molar-refractivity contribution in [3.05, 3.63) is 29.8 Å². The Hall–Kier alpha value is -1.80. The van der Waals surface area contributed by atoms with Crippen molar-refractivity contribution in [3.8, 4) is 5.75 Å². The van der Waals surface area contributed by atoms with Crippen LogP contribution < -0.4 is 15.4 Å². The average molecular weight is 409 g/mol. The van der Waals surface area contributed by atoms with E-state index in [1.165, 1.54) is 18.4 Å². The van der Waals surface area contributed by atoms with Gasteiger partial charge in [-0.25, -0.2) is 8.42 Å². The van der Waals surface area contributed by atoms with E-state index in [1.54, 1.807) is 7.11 Å². The number of ether oxygens (including phenoxy) is 1. The normalized spacial score (nSPS) is 23.5. The molecule has 1 aromatic rings. The van der Waals surface area contributed by atoms with Gasteiger partial charge >= 0.3 is 0 Å². The quantitative estimate of drug-likeness (QED) is 0.526. The van der Waals surface area contributed by atoms with Crippen molar-refractivity contribution in [2.24, 2.45) is 4.99 Å². The van der Waals surface area contributed by atoms with Crippen molar-refractivity contribution >= 4 is 15.8 Å². The maximum Gasteiger partial charge on any atom is 0.191 e. The standard InChI is InChI=1S/C20H32N4O3S/c1-3-21-20(23-17-10-13-28(25,26)15-17)22-14-19(24-11-4-5-12-24)16-6-8-18(27-2)9-7-16/h6-9,17,19H,3-5,10-15H2,1-2H3,(H2,21,22,23). The molecule has 7 nitrogen and oxygen atoms in total. The van der Waals surface area contributed by atoms with Crippen molar-refractivity contribution < 1.29 is 13.2 Å². The zero-order valence-electron chi connectivity index (χ0n) is 16.9. The lowest BCUT2D eigenvalue weighted by molar-refractivity contribution is 0.251. The molecule has 3 rings (SSSR count). The van der Waals surface area contributed by atoms with E-state index in [1.807, 2.05) is 19.1 Å². The highest BCUT2D eigenvalue weighted by atomic mass is 32.2. The highest BCUT2D eigenvalue weighted by Crippen LogP contribution is 2.27. The molecule has 2 saturated heterocycles. The highest BCUT2D eigenvalue weighted by Gasteiger charge is 2.29. The molecule has 1 aromatic carbocycles. The van der Waals surface area contributed by atoms with Crippen LogP contribution in [-0.4, -0.2) is 70.1 Å². The topological polar surface area (TPSA) is 83.0 Å². The van der Waals surface area contributed by atoms with Gasteiger partial charge < -0.3 is 15.4 Å². The molecule has 2 aliphatic rings. The molecule has 2 N–H and O–H groups in total. The molecule has 156 valence electrons. The molecule has 2 atom stereocenters. The molecule has 2 heterocycles. The lowest BCUT2D eigenvalue weighted by Crippen LogP contribution is -2.44. The van der Waals surface area contributed by atoms with Crippen LogP contribution in [0.25, 0.3) is 0 Å². The molecule has 0 amide bonds. The molecule has 2 aliphatic heterocycles. The van der Waals surface area contributed by atoms with Gasteiger partial charge in [-0.3, -0.25) is 9.89 Å². The van der Waals surface area contributed by atoms with Crippen LogP contribution in [0.3, 0.4) is 0 Å². The number of methoxy groups -OCH3 is 1. The van der Waals surface area contributed by atoms with Gasteiger partial charge in [-0.15, -0.1) is 0 Å². The first-order valence-corrected chi connectivity index (χ1v) is 12.0. The van der Waals surface area contributed by atoms with Crippen LogP contribution in [0, 0.1) is 0 Å². The fourth-order valence-electron chi connectivity index (χ4n) is 3.91. The zero-order valence-corrected chi connectivity index (χ0v) is 17.7. The molecule has 0 saturated carbocycles. The zero-order chi connectivity index (χ0) is 20.0. The predicted octanol–water partition coefficient (Wildman–Crippen LogP) is 1.57. The third-order valence-corrected chi connectivity index (χ3v) is 7.19. The molecular formula is C20H32N4O3S. The van der Waals surface area contributed by atoms with Crippen molar-refractivity contribution in [1.82, 2.24) is 15.5 Å². The van der Waals surface area contributed by atoms with Gasteiger partial charge in [-0.1, -0.05) is 12.1 Å². The monoisotopic (exact) mass is 408 g/mol. The average Bonchev–Trinajstić information content (AvgIpc) is 3.32. The summed E-state index contributed by atoms with van der Waals surface area (Å²) in [6.07, 6.45) is 3.07. The Labute approximate surface area is 168 Å². The van der Waals surface area contributed by atoms with Gasteiger partial charge in [0.2, 0.25) is 0 Å². The van der Waals surface area contributed by atoms with Gasteiger partial charge in [-0.05, 0) is 57.0 Å². The first-order chi connectivity index (χ1) is 13.5. The summed E-state index contributed by atoms with van der Waals surface area (Å²) in [6.45, 7) is 5.54. The molecule has 2 fully saturated rings. The summed E-state index contributed by atoms with van der Waals surface area (Å²) in [7, 11) is -1.24. The minimum Gasteiger partial charge on any atom is -0.497 e. The first-order valence-electron chi connectivity index (χ1n) is 10.1. The number of nitrogens with zero attached hydrogens (tertiary/aromatic N) is 2. The van der Waals surface area contributed by atoms with Crippen molar-refractivity contribution in [2.45, 2.75) is 38.3 Å². The number of nitrogens with one attached hydrogen (secondary N) is 2. The number of hydrogen-bond donors (Lipinski definition) is 2. The summed E-state index contributed by atoms with van der Waals surface area (Å²) < 4.78 is 28.8. The number of rotatable bonds is 7. The number of benzene rings is 1. The summed E-state index contributed by atoms with van der Waals surface area (Å²) in [6, 6.07) is 8.36. The molecule has 0 spiro atoms. The number of aliphatic imine (C=N–C) groups is 1. The SMILES string of the molecule is CCNC(=NCC(c1ccc(OC)cc1)N1CCCC1)NC1CCS(=O)(=O)C1. The van der Waals surface area contributed by atoms with E-state index in [9.17, 15) is 8.42 Å². The van der Waals surface area contributed by atoms with Crippen molar-refractivity contribution in [3.63, 3.8) is 0 Å². The van der Waals surface area contributed by atoms with Gasteiger partial charge in [0.05, 0.1) is 31.2 Å². The fourth-order valence-corrected chi connectivity index (χ4v) is 5.58. The molecule has 28 heavy (non-hydrogen) atoms. The lowest BCUT2D eigenvalue weighted by atomic mass is 10.1. The Morgan fingerprint density at radius 2 is 2.00 bits per heavy atom. The molecular weight excluding hydrogens is 376 g/mol. The second-order valence-corrected chi connectivity index (χ2v) is 9.72. The van der Waals surface area contributed by atoms with Crippen LogP contribution in [0.4, 0.5) is 0 Å². The van der Waals surface area contributed by atoms with E-state index >= 15 is 0 Å². The van der Waals surface area contributed by atoms with Crippen LogP contribution in [0.15, 0.2) is 29.3 Å². The Bertz CT molecular complexity index is 758. The number of sulfone groups is 1. The van der Waals surface area contributed by atoms with Gasteiger partial charge in [0.15, 0.2) is 15.8 Å². The summed E-state index contributed by atoms with van der Waals surface area (Å²) in [5.41, 5.74) is 1.23. The molecule has 0 radical (unpaired) electrons. The van der Waals surface area contributed by atoms with E-state index < -0.39 is 9.84 Å². The first kappa shape index (κ1) is 20.9. The lowest BCUT2D eigenvalue weighted by Gasteiger charge is -2.27. The van der Waals surface area contributed by atoms with Gasteiger partial charge in [0.25, 0.3) is 0 Å². The van der Waals surface area contributed by atoms with Crippen LogP contribution in [0.5, 0.6) is 5.75 Å². The molecule has 0 aliphatic carbocycles. The largest absolute Gasteiger partial charge is 0.497 e. The smallest absolute Gasteiger partial charge is 0.191 e. The van der Waals surface area contributed by atoms with E-state index in [-0.39, 0.29) is 23.6 Å². The minimum atomic E-state index is -2.92. The number of guanidine groups is 1. The third-order valence-electron chi connectivity index (χ3n) is 5.42. The Morgan fingerprint density at radius 1 is 1.29 bits per heavy atom. The molecule has 8 heteroatoms. The van der Waals surface area contributed by atoms with Gasteiger partial charge in [0, 0.05) is 12.6 Å². The predicted molar refractivity (Wildman–Crippen MR) is 113 cm³/mol. The van der Waals surface area contributed by atoms with E-state index in [2.05, 4.69) is 27.7 Å². The highest BCUT2D eigenvalue weighted by molar-refractivity contribution is 7.91. The van der Waals surface area contributed by atoms with Crippen molar-refractivity contribution in [1.29, 1.82) is 0 Å². The summed E-state index contributed by atoms with van der Waals surface area (Å²) in [5.74, 6) is 1.99.